The minimum atomic E-state index is -0.905. The number of ether oxygens (including phenoxy) is 2. The van der Waals surface area contributed by atoms with E-state index in [1.165, 1.54) is 12.1 Å². The quantitative estimate of drug-likeness (QED) is 0.281. The van der Waals surface area contributed by atoms with Gasteiger partial charge in [0.2, 0.25) is 18.1 Å². The number of benzene rings is 2. The molecule has 0 saturated carbocycles. The summed E-state index contributed by atoms with van der Waals surface area (Å²) in [7, 11) is 0. The lowest BCUT2D eigenvalue weighted by atomic mass is 9.91. The maximum Gasteiger partial charge on any atom is 0.234 e. The molecule has 2 aromatic carbocycles. The molecule has 1 aliphatic heterocycles. The first-order valence-corrected chi connectivity index (χ1v) is 12.3. The van der Waals surface area contributed by atoms with Gasteiger partial charge in [0, 0.05) is 24.0 Å². The molecular weight excluding hydrogens is 501 g/mol. The first kappa shape index (κ1) is 26.0. The summed E-state index contributed by atoms with van der Waals surface area (Å²) in [4.78, 5) is 29.7. The van der Waals surface area contributed by atoms with Crippen molar-refractivity contribution >= 4 is 17.5 Å². The summed E-state index contributed by atoms with van der Waals surface area (Å²) in [5.74, 6) is 0.160. The molecule has 3 N–H and O–H groups in total. The molecule has 0 bridgehead atoms. The normalized spacial score (nSPS) is 18.7. The fraction of sp³-hybridized carbons (Fsp3) is 0.250. The van der Waals surface area contributed by atoms with Crippen LogP contribution in [0.2, 0.25) is 0 Å². The summed E-state index contributed by atoms with van der Waals surface area (Å²) < 4.78 is 25.6. The van der Waals surface area contributed by atoms with Crippen LogP contribution in [0.5, 0.6) is 0 Å². The van der Waals surface area contributed by atoms with Gasteiger partial charge >= 0.3 is 0 Å². The average Bonchev–Trinajstić information content (AvgIpc) is 3.40. The summed E-state index contributed by atoms with van der Waals surface area (Å²) in [5, 5.41) is 14.7. The van der Waals surface area contributed by atoms with Gasteiger partial charge in [-0.05, 0) is 49.4 Å². The van der Waals surface area contributed by atoms with Crippen LogP contribution in [0, 0.1) is 22.6 Å². The number of para-hydroxylation sites is 1. The van der Waals surface area contributed by atoms with Crippen LogP contribution in [0.15, 0.2) is 66.9 Å². The average molecular weight is 528 g/mol. The number of nitriles is 1. The van der Waals surface area contributed by atoms with E-state index >= 15 is 0 Å². The predicted octanol–water partition coefficient (Wildman–Crippen LogP) is 4.69. The molecule has 39 heavy (non-hydrogen) atoms. The van der Waals surface area contributed by atoms with Crippen molar-refractivity contribution < 1.29 is 18.7 Å². The molecule has 10 nitrogen and oxygen atoms in total. The fourth-order valence-electron chi connectivity index (χ4n) is 4.02. The highest BCUT2D eigenvalue weighted by Gasteiger charge is 2.41. The van der Waals surface area contributed by atoms with Gasteiger partial charge in [-0.25, -0.2) is 19.3 Å². The van der Waals surface area contributed by atoms with E-state index in [1.807, 2.05) is 30.3 Å². The number of carbonyl (C=O) groups excluding carboxylic acids is 1. The van der Waals surface area contributed by atoms with Crippen molar-refractivity contribution in [2.24, 2.45) is 5.41 Å². The number of hydrogen-bond acceptors (Lipinski definition) is 8. The lowest BCUT2D eigenvalue weighted by Gasteiger charge is -2.35. The lowest BCUT2D eigenvalue weighted by Crippen LogP contribution is -2.45. The zero-order valence-electron chi connectivity index (χ0n) is 21.1. The third kappa shape index (κ3) is 5.93. The first-order chi connectivity index (χ1) is 18.9. The van der Waals surface area contributed by atoms with Crippen molar-refractivity contribution in [3.8, 4) is 28.7 Å². The van der Waals surface area contributed by atoms with Crippen molar-refractivity contribution in [1.82, 2.24) is 19.9 Å². The summed E-state index contributed by atoms with van der Waals surface area (Å²) >= 11 is 0. The van der Waals surface area contributed by atoms with E-state index in [1.54, 1.807) is 31.3 Å². The second-order valence-corrected chi connectivity index (χ2v) is 9.29. The number of aromatic nitrogens is 4. The number of imidazole rings is 1. The molecule has 4 aromatic rings. The van der Waals surface area contributed by atoms with Gasteiger partial charge in [0.25, 0.3) is 0 Å². The van der Waals surface area contributed by atoms with E-state index in [0.717, 1.165) is 0 Å². The summed E-state index contributed by atoms with van der Waals surface area (Å²) in [6, 6.07) is 18.9. The molecule has 0 aliphatic carbocycles. The second-order valence-electron chi connectivity index (χ2n) is 9.29. The van der Waals surface area contributed by atoms with Crippen LogP contribution in [-0.2, 0) is 14.3 Å². The zero-order valence-corrected chi connectivity index (χ0v) is 21.1. The van der Waals surface area contributed by atoms with E-state index in [4.69, 9.17) is 19.7 Å². The van der Waals surface area contributed by atoms with Crippen LogP contribution in [0.3, 0.4) is 0 Å². The number of H-pyrrole nitrogens is 1. The summed E-state index contributed by atoms with van der Waals surface area (Å²) in [6.07, 6.45) is 1.04. The Balaban J connectivity index is 1.39. The Morgan fingerprint density at radius 2 is 1.87 bits per heavy atom. The van der Waals surface area contributed by atoms with Crippen molar-refractivity contribution in [1.29, 1.82) is 5.26 Å². The van der Waals surface area contributed by atoms with Crippen molar-refractivity contribution in [2.75, 3.05) is 30.4 Å². The van der Waals surface area contributed by atoms with Crippen LogP contribution in [0.4, 0.5) is 16.0 Å². The van der Waals surface area contributed by atoms with Gasteiger partial charge in [-0.15, -0.1) is 0 Å². The van der Waals surface area contributed by atoms with E-state index < -0.39 is 11.7 Å². The first-order valence-electron chi connectivity index (χ1n) is 12.3. The van der Waals surface area contributed by atoms with E-state index in [9.17, 15) is 9.18 Å². The standard InChI is InChI=1S/C28H26FN7O3/c1-28(26(37)33-20-6-3-2-4-7-20)16-38-25(39-17-28)24-35-22(18-8-10-19(29)11-9-18)23(36-24)21-12-15-32-27(34-21)31-14-5-13-30/h2-4,6-12,15,25H,5,14,16-17H2,1H3,(H,33,37)(H,35,36)(H,31,32,34). The Morgan fingerprint density at radius 3 is 2.59 bits per heavy atom. The Morgan fingerprint density at radius 1 is 1.13 bits per heavy atom. The topological polar surface area (TPSA) is 138 Å². The minimum absolute atomic E-state index is 0.110. The number of nitrogens with one attached hydrogen (secondary N) is 3. The number of nitrogens with zero attached hydrogens (tertiary/aromatic N) is 4. The van der Waals surface area contributed by atoms with E-state index in [-0.39, 0.29) is 24.9 Å². The molecule has 1 saturated heterocycles. The maximum atomic E-state index is 13.6. The molecule has 1 aliphatic rings. The van der Waals surface area contributed by atoms with E-state index in [2.05, 4.69) is 31.7 Å². The van der Waals surface area contributed by atoms with E-state index in [0.29, 0.717) is 53.1 Å². The smallest absolute Gasteiger partial charge is 0.234 e. The molecule has 5 rings (SSSR count). The SMILES string of the molecule is CC1(C(=O)Nc2ccccc2)COC(c2nc(-c3ccc(F)cc3)c(-c3ccnc(NCCC#N)n3)[nH]2)OC1. The van der Waals surface area contributed by atoms with Gasteiger partial charge in [0.05, 0.1) is 48.2 Å². The van der Waals surface area contributed by atoms with Crippen LogP contribution >= 0.6 is 0 Å². The summed E-state index contributed by atoms with van der Waals surface area (Å²) in [6.45, 7) is 2.40. The molecule has 198 valence electrons. The Hall–Kier alpha value is -4.66. The number of anilines is 2. The van der Waals surface area contributed by atoms with Crippen LogP contribution in [0.1, 0.15) is 25.5 Å². The molecule has 0 radical (unpaired) electrons. The number of halogens is 1. The van der Waals surface area contributed by atoms with Gasteiger partial charge in [-0.2, -0.15) is 5.26 Å². The molecule has 1 fully saturated rings. The third-order valence-electron chi connectivity index (χ3n) is 6.18. The largest absolute Gasteiger partial charge is 0.353 e. The highest BCUT2D eigenvalue weighted by atomic mass is 19.1. The maximum absolute atomic E-state index is 13.6. The van der Waals surface area contributed by atoms with Crippen molar-refractivity contribution in [2.45, 2.75) is 19.6 Å². The molecule has 1 amide bonds. The molecule has 0 atom stereocenters. The predicted molar refractivity (Wildman–Crippen MR) is 142 cm³/mol. The Bertz CT molecular complexity index is 1480. The number of hydrogen-bond donors (Lipinski definition) is 3. The molecule has 3 heterocycles. The fourth-order valence-corrected chi connectivity index (χ4v) is 4.02. The molecule has 0 spiro atoms. The third-order valence-corrected chi connectivity index (χ3v) is 6.18. The molecule has 11 heteroatoms. The Kier molecular flexibility index (Phi) is 7.58. The van der Waals surface area contributed by atoms with Crippen LogP contribution < -0.4 is 10.6 Å². The van der Waals surface area contributed by atoms with Crippen molar-refractivity contribution in [3.05, 3.63) is 78.5 Å². The highest BCUT2D eigenvalue weighted by molar-refractivity contribution is 5.95. The molecular formula is C28H26FN7O3. The minimum Gasteiger partial charge on any atom is -0.353 e. The van der Waals surface area contributed by atoms with Gasteiger partial charge in [-0.1, -0.05) is 18.2 Å². The number of rotatable bonds is 8. The zero-order chi connectivity index (χ0) is 27.2. The number of aromatic amines is 1. The summed E-state index contributed by atoms with van der Waals surface area (Å²) in [5.41, 5.74) is 2.06. The lowest BCUT2D eigenvalue weighted by molar-refractivity contribution is -0.229. The van der Waals surface area contributed by atoms with Gasteiger partial charge in [0.15, 0.2) is 5.82 Å². The molecule has 2 aromatic heterocycles. The monoisotopic (exact) mass is 527 g/mol. The van der Waals surface area contributed by atoms with Crippen molar-refractivity contribution in [3.63, 3.8) is 0 Å². The Labute approximate surface area is 224 Å². The van der Waals surface area contributed by atoms with Gasteiger partial charge < -0.3 is 25.1 Å². The second kappa shape index (κ2) is 11.4. The highest BCUT2D eigenvalue weighted by Crippen LogP contribution is 2.36. The number of carbonyl (C=O) groups is 1. The molecule has 0 unspecified atom stereocenters. The van der Waals surface area contributed by atoms with Crippen LogP contribution in [-0.4, -0.2) is 45.6 Å². The number of amides is 1. The van der Waals surface area contributed by atoms with Crippen LogP contribution in [0.25, 0.3) is 22.6 Å². The van der Waals surface area contributed by atoms with Gasteiger partial charge in [0.1, 0.15) is 5.82 Å². The van der Waals surface area contributed by atoms with Gasteiger partial charge in [-0.3, -0.25) is 4.79 Å².